The number of pyridine rings is 2. The number of benzene rings is 1. The van der Waals surface area contributed by atoms with Crippen LogP contribution in [0.2, 0.25) is 0 Å². The molecule has 1 N–H and O–H groups in total. The lowest BCUT2D eigenvalue weighted by atomic mass is 10.1. The quantitative estimate of drug-likeness (QED) is 0.527. The number of hydrazone groups is 1. The van der Waals surface area contributed by atoms with Gasteiger partial charge in [-0.25, -0.2) is 10.4 Å². The Hall–Kier alpha value is -2.80. The first-order chi connectivity index (χ1) is 12.5. The second-order valence-corrected chi connectivity index (χ2v) is 6.65. The van der Waals surface area contributed by atoms with Gasteiger partial charge in [-0.3, -0.25) is 9.59 Å². The van der Waals surface area contributed by atoms with E-state index in [9.17, 15) is 9.59 Å². The molecule has 0 aliphatic heterocycles. The number of carbonyl (C=O) groups excluding carboxylic acids is 1. The molecule has 0 aliphatic rings. The average molecular weight is 413 g/mol. The molecule has 0 saturated heterocycles. The number of carbonyl (C=O) groups is 1. The van der Waals surface area contributed by atoms with Gasteiger partial charge in [-0.15, -0.1) is 0 Å². The van der Waals surface area contributed by atoms with Crippen molar-refractivity contribution in [3.63, 3.8) is 0 Å². The predicted molar refractivity (Wildman–Crippen MR) is 106 cm³/mol. The minimum absolute atomic E-state index is 0.0383. The molecule has 2 heterocycles. The van der Waals surface area contributed by atoms with Crippen LogP contribution in [-0.2, 0) is 6.54 Å². The van der Waals surface area contributed by atoms with Crippen molar-refractivity contribution < 1.29 is 4.79 Å². The van der Waals surface area contributed by atoms with Crippen molar-refractivity contribution in [2.24, 2.45) is 5.10 Å². The van der Waals surface area contributed by atoms with Crippen molar-refractivity contribution in [2.45, 2.75) is 20.4 Å². The Morgan fingerprint density at radius 2 is 2.15 bits per heavy atom. The third-order valence-electron chi connectivity index (χ3n) is 3.87. The van der Waals surface area contributed by atoms with Gasteiger partial charge in [0, 0.05) is 22.9 Å². The summed E-state index contributed by atoms with van der Waals surface area (Å²) in [6.45, 7) is 4.39. The number of halogens is 1. The van der Waals surface area contributed by atoms with Gasteiger partial charge in [-0.2, -0.15) is 5.10 Å². The van der Waals surface area contributed by atoms with Gasteiger partial charge in [-0.05, 0) is 43.7 Å². The minimum atomic E-state index is -0.550. The number of aryl methyl sites for hydroxylation is 2. The second kappa shape index (κ2) is 7.61. The highest BCUT2D eigenvalue weighted by molar-refractivity contribution is 9.10. The number of aromatic nitrogens is 2. The molecule has 132 valence electrons. The van der Waals surface area contributed by atoms with Crippen LogP contribution in [0.3, 0.4) is 0 Å². The summed E-state index contributed by atoms with van der Waals surface area (Å²) in [4.78, 5) is 29.5. The largest absolute Gasteiger partial charge is 0.332 e. The van der Waals surface area contributed by atoms with Crippen LogP contribution in [0.5, 0.6) is 0 Å². The summed E-state index contributed by atoms with van der Waals surface area (Å²) < 4.78 is 2.70. The maximum atomic E-state index is 12.7. The molecule has 0 fully saturated rings. The van der Waals surface area contributed by atoms with Gasteiger partial charge in [0.2, 0.25) is 5.43 Å². The standard InChI is InChI=1S/C19H17BrN4O2/c1-3-24-11-16(17(25)15-8-7-12(2)22-18(15)24)19(26)23-21-10-13-5-4-6-14(20)9-13/h4-11H,3H2,1-2H3,(H,23,26)/b21-10+. The third-order valence-corrected chi connectivity index (χ3v) is 4.37. The van der Waals surface area contributed by atoms with Crippen LogP contribution in [-0.4, -0.2) is 21.7 Å². The van der Waals surface area contributed by atoms with Gasteiger partial charge in [0.1, 0.15) is 11.2 Å². The Morgan fingerprint density at radius 1 is 1.35 bits per heavy atom. The molecule has 0 saturated carbocycles. The first-order valence-electron chi connectivity index (χ1n) is 8.09. The molecule has 0 bridgehead atoms. The molecule has 1 aromatic carbocycles. The third kappa shape index (κ3) is 3.72. The maximum absolute atomic E-state index is 12.7. The number of nitrogens with zero attached hydrogens (tertiary/aromatic N) is 3. The molecular formula is C19H17BrN4O2. The first kappa shape index (κ1) is 18.0. The Kier molecular flexibility index (Phi) is 5.27. The Bertz CT molecular complexity index is 1070. The molecule has 0 radical (unpaired) electrons. The summed E-state index contributed by atoms with van der Waals surface area (Å²) in [7, 11) is 0. The zero-order valence-corrected chi connectivity index (χ0v) is 15.9. The van der Waals surface area contributed by atoms with E-state index in [4.69, 9.17) is 0 Å². The zero-order chi connectivity index (χ0) is 18.7. The molecule has 3 rings (SSSR count). The fraction of sp³-hybridized carbons (Fsp3) is 0.158. The topological polar surface area (TPSA) is 76.3 Å². The SMILES string of the molecule is CCn1cc(C(=O)N/N=C/c2cccc(Br)c2)c(=O)c2ccc(C)nc21. The fourth-order valence-corrected chi connectivity index (χ4v) is 2.99. The number of fused-ring (bicyclic) bond motifs is 1. The maximum Gasteiger partial charge on any atom is 0.276 e. The monoisotopic (exact) mass is 412 g/mol. The van der Waals surface area contributed by atoms with Crippen molar-refractivity contribution in [3.05, 3.63) is 74.1 Å². The number of hydrogen-bond donors (Lipinski definition) is 1. The number of nitrogens with one attached hydrogen (secondary N) is 1. The van der Waals surface area contributed by atoms with Gasteiger partial charge < -0.3 is 4.57 Å². The minimum Gasteiger partial charge on any atom is -0.332 e. The van der Waals surface area contributed by atoms with E-state index in [2.05, 4.69) is 31.4 Å². The van der Waals surface area contributed by atoms with Crippen LogP contribution >= 0.6 is 15.9 Å². The highest BCUT2D eigenvalue weighted by atomic mass is 79.9. The van der Waals surface area contributed by atoms with Gasteiger partial charge in [0.25, 0.3) is 5.91 Å². The van der Waals surface area contributed by atoms with E-state index in [0.29, 0.717) is 17.6 Å². The van der Waals surface area contributed by atoms with E-state index in [1.54, 1.807) is 16.7 Å². The van der Waals surface area contributed by atoms with E-state index in [0.717, 1.165) is 15.7 Å². The Morgan fingerprint density at radius 3 is 2.88 bits per heavy atom. The van der Waals surface area contributed by atoms with Crippen LogP contribution in [0.15, 0.2) is 57.0 Å². The lowest BCUT2D eigenvalue weighted by Crippen LogP contribution is -2.27. The average Bonchev–Trinajstić information content (AvgIpc) is 2.62. The van der Waals surface area contributed by atoms with E-state index in [1.165, 1.54) is 12.4 Å². The molecule has 2 aromatic heterocycles. The van der Waals surface area contributed by atoms with Crippen molar-refractivity contribution in [3.8, 4) is 0 Å². The number of hydrogen-bond acceptors (Lipinski definition) is 4. The predicted octanol–water partition coefficient (Wildman–Crippen LogP) is 3.25. The molecule has 7 heteroatoms. The van der Waals surface area contributed by atoms with Gasteiger partial charge in [0.05, 0.1) is 11.6 Å². The molecule has 6 nitrogen and oxygen atoms in total. The molecule has 26 heavy (non-hydrogen) atoms. The van der Waals surface area contributed by atoms with Crippen LogP contribution in [0.1, 0.15) is 28.5 Å². The van der Waals surface area contributed by atoms with Crippen molar-refractivity contribution in [1.29, 1.82) is 0 Å². The summed E-state index contributed by atoms with van der Waals surface area (Å²) in [6, 6.07) is 10.9. The van der Waals surface area contributed by atoms with Crippen LogP contribution < -0.4 is 10.9 Å². The summed E-state index contributed by atoms with van der Waals surface area (Å²) in [5, 5.41) is 4.36. The summed E-state index contributed by atoms with van der Waals surface area (Å²) in [6.07, 6.45) is 3.05. The Labute approximate surface area is 158 Å². The van der Waals surface area contributed by atoms with Crippen molar-refractivity contribution in [2.75, 3.05) is 0 Å². The van der Waals surface area contributed by atoms with E-state index in [1.807, 2.05) is 38.1 Å². The molecule has 1 amide bonds. The lowest BCUT2D eigenvalue weighted by Gasteiger charge is -2.10. The Balaban J connectivity index is 1.92. The van der Waals surface area contributed by atoms with Crippen LogP contribution in [0.4, 0.5) is 0 Å². The zero-order valence-electron chi connectivity index (χ0n) is 14.4. The van der Waals surface area contributed by atoms with Crippen molar-refractivity contribution >= 4 is 39.1 Å². The highest BCUT2D eigenvalue weighted by Crippen LogP contribution is 2.11. The van der Waals surface area contributed by atoms with Crippen LogP contribution in [0.25, 0.3) is 11.0 Å². The molecule has 0 aliphatic carbocycles. The molecule has 0 unspecified atom stereocenters. The molecule has 0 atom stereocenters. The summed E-state index contributed by atoms with van der Waals surface area (Å²) in [5.74, 6) is -0.550. The lowest BCUT2D eigenvalue weighted by molar-refractivity contribution is 0.0953. The van der Waals surface area contributed by atoms with E-state index < -0.39 is 5.91 Å². The molecular weight excluding hydrogens is 396 g/mol. The molecule has 0 spiro atoms. The molecule has 3 aromatic rings. The van der Waals surface area contributed by atoms with Crippen LogP contribution in [0, 0.1) is 6.92 Å². The van der Waals surface area contributed by atoms with Crippen molar-refractivity contribution in [1.82, 2.24) is 15.0 Å². The normalized spacial score (nSPS) is 11.2. The second-order valence-electron chi connectivity index (χ2n) is 5.74. The highest BCUT2D eigenvalue weighted by Gasteiger charge is 2.15. The number of rotatable bonds is 4. The van der Waals surface area contributed by atoms with Gasteiger partial charge in [-0.1, -0.05) is 28.1 Å². The van der Waals surface area contributed by atoms with Gasteiger partial charge in [0.15, 0.2) is 0 Å². The van der Waals surface area contributed by atoms with Gasteiger partial charge >= 0.3 is 0 Å². The fourth-order valence-electron chi connectivity index (χ4n) is 2.58. The van der Waals surface area contributed by atoms with E-state index in [-0.39, 0.29) is 11.0 Å². The van der Waals surface area contributed by atoms with E-state index >= 15 is 0 Å². The summed E-state index contributed by atoms with van der Waals surface area (Å²) in [5.41, 5.74) is 4.31. The first-order valence-corrected chi connectivity index (χ1v) is 8.88. The number of amides is 1. The summed E-state index contributed by atoms with van der Waals surface area (Å²) >= 11 is 3.37. The smallest absolute Gasteiger partial charge is 0.276 e.